The largest absolute Gasteiger partial charge is 0.465 e. The number of amides is 2. The Hall–Kier alpha value is -2.49. The van der Waals surface area contributed by atoms with Crippen LogP contribution in [0, 0.1) is 17.8 Å². The van der Waals surface area contributed by atoms with Gasteiger partial charge in [0.2, 0.25) is 11.8 Å². The molecule has 8 nitrogen and oxygen atoms in total. The Morgan fingerprint density at radius 3 is 2.65 bits per heavy atom. The Bertz CT molecular complexity index is 1100. The van der Waals surface area contributed by atoms with Crippen LogP contribution in [0.2, 0.25) is 0 Å². The van der Waals surface area contributed by atoms with E-state index in [2.05, 4.69) is 29.1 Å². The van der Waals surface area contributed by atoms with Crippen LogP contribution in [-0.4, -0.2) is 81.1 Å². The molecule has 2 amide bonds. The van der Waals surface area contributed by atoms with Gasteiger partial charge in [-0.1, -0.05) is 78.7 Å². The normalized spacial score (nSPS) is 30.1. The van der Waals surface area contributed by atoms with Crippen LogP contribution in [0.15, 0.2) is 55.6 Å². The Labute approximate surface area is 245 Å². The maximum atomic E-state index is 14.6. The number of nitrogens with zero attached hydrogens (tertiary/aromatic N) is 2. The van der Waals surface area contributed by atoms with Crippen molar-refractivity contribution in [3.05, 3.63) is 61.2 Å². The van der Waals surface area contributed by atoms with E-state index in [1.807, 2.05) is 44.2 Å². The number of hydrogen-bond donors (Lipinski definition) is 1. The number of likely N-dealkylation sites (tertiary alicyclic amines) is 1. The molecule has 4 rings (SSSR count). The molecule has 1 N–H and O–H groups in total. The molecule has 0 aliphatic carbocycles. The lowest BCUT2D eigenvalue weighted by Crippen LogP contribution is -2.59. The fourth-order valence-electron chi connectivity index (χ4n) is 6.65. The van der Waals surface area contributed by atoms with E-state index in [1.54, 1.807) is 22.0 Å². The van der Waals surface area contributed by atoms with Crippen molar-refractivity contribution < 1.29 is 29.0 Å². The van der Waals surface area contributed by atoms with Gasteiger partial charge in [0.05, 0.1) is 37.2 Å². The third-order valence-corrected chi connectivity index (χ3v) is 9.60. The summed E-state index contributed by atoms with van der Waals surface area (Å²) in [5.74, 6) is -2.88. The summed E-state index contributed by atoms with van der Waals surface area (Å²) in [7, 11) is 0. The average molecular weight is 618 g/mol. The number of hydrogen-bond acceptors (Lipinski definition) is 6. The highest BCUT2D eigenvalue weighted by atomic mass is 79.9. The average Bonchev–Trinajstić information content (AvgIpc) is 3.55. The molecule has 8 atom stereocenters. The second kappa shape index (κ2) is 13.0. The summed E-state index contributed by atoms with van der Waals surface area (Å²) in [5.41, 5.74) is -0.270. The quantitative estimate of drug-likeness (QED) is 0.148. The van der Waals surface area contributed by atoms with E-state index in [4.69, 9.17) is 9.47 Å². The van der Waals surface area contributed by atoms with Crippen molar-refractivity contribution in [2.75, 3.05) is 19.8 Å². The maximum absolute atomic E-state index is 14.6. The summed E-state index contributed by atoms with van der Waals surface area (Å²) in [6.07, 6.45) is 5.29. The van der Waals surface area contributed by atoms with Crippen LogP contribution in [0.1, 0.15) is 45.1 Å². The third kappa shape index (κ3) is 5.40. The molecule has 9 heteroatoms. The fourth-order valence-corrected chi connectivity index (χ4v) is 7.59. The molecule has 1 aromatic carbocycles. The number of halogens is 1. The van der Waals surface area contributed by atoms with Gasteiger partial charge in [0, 0.05) is 17.9 Å². The van der Waals surface area contributed by atoms with Gasteiger partial charge in [0.15, 0.2) is 0 Å². The standard InChI is InChI=1S/C31H41BrN2O6/c1-5-8-12-16-39-30(38)24-25-28(36)34(23(19-35)20(4)7-3)27(31(25)17-22(32)26(24)40-31)29(37)33(15-6-2)18-21-13-10-9-11-14-21/h5-6,9-11,13-14,20,22-27,35H,1-2,7-8,12,15-19H2,3-4H3/t20-,22?,23-,24+,25-,26+,27?,31?/m0/s1. The van der Waals surface area contributed by atoms with Crippen molar-refractivity contribution in [2.45, 2.75) is 74.7 Å². The SMILES string of the molecule is C=CCCCOC(=O)[C@H]1[C@@H]2OC3(CC2Br)C(C(=O)N(CC=C)Cc2ccccc2)N([C@@H](CO)[C@@H](C)CC)C(=O)[C@H]13. The van der Waals surface area contributed by atoms with Crippen molar-refractivity contribution >= 4 is 33.7 Å². The molecule has 3 unspecified atom stereocenters. The van der Waals surface area contributed by atoms with Crippen LogP contribution in [0.4, 0.5) is 0 Å². The Morgan fingerprint density at radius 2 is 2.02 bits per heavy atom. The number of allylic oxidation sites excluding steroid dienone is 1. The molecule has 3 heterocycles. The van der Waals surface area contributed by atoms with Crippen molar-refractivity contribution in [1.82, 2.24) is 9.80 Å². The number of esters is 1. The van der Waals surface area contributed by atoms with E-state index >= 15 is 0 Å². The molecule has 2 bridgehead atoms. The molecule has 1 spiro atoms. The Kier molecular flexibility index (Phi) is 9.90. The third-order valence-electron chi connectivity index (χ3n) is 8.75. The van der Waals surface area contributed by atoms with Crippen LogP contribution < -0.4 is 0 Å². The predicted molar refractivity (Wildman–Crippen MR) is 155 cm³/mol. The first-order valence-electron chi connectivity index (χ1n) is 14.2. The van der Waals surface area contributed by atoms with Gasteiger partial charge in [-0.25, -0.2) is 0 Å². The van der Waals surface area contributed by atoms with Crippen molar-refractivity contribution in [1.29, 1.82) is 0 Å². The van der Waals surface area contributed by atoms with E-state index < -0.39 is 41.6 Å². The minimum absolute atomic E-state index is 0.0808. The molecular formula is C31H41BrN2O6. The van der Waals surface area contributed by atoms with Gasteiger partial charge in [-0.3, -0.25) is 14.4 Å². The lowest BCUT2D eigenvalue weighted by molar-refractivity contribution is -0.157. The van der Waals surface area contributed by atoms with Gasteiger partial charge in [-0.05, 0) is 30.7 Å². The molecule has 3 aliphatic rings. The topological polar surface area (TPSA) is 96.4 Å². The number of unbranched alkanes of at least 4 members (excludes halogenated alkanes) is 1. The van der Waals surface area contributed by atoms with E-state index in [9.17, 15) is 19.5 Å². The van der Waals surface area contributed by atoms with E-state index in [-0.39, 0.29) is 42.3 Å². The number of aliphatic hydroxyl groups is 1. The monoisotopic (exact) mass is 616 g/mol. The minimum atomic E-state index is -1.21. The van der Waals surface area contributed by atoms with Crippen molar-refractivity contribution in [2.24, 2.45) is 17.8 Å². The molecule has 3 saturated heterocycles. The van der Waals surface area contributed by atoms with Gasteiger partial charge in [-0.2, -0.15) is 0 Å². The molecule has 40 heavy (non-hydrogen) atoms. The van der Waals surface area contributed by atoms with Gasteiger partial charge in [0.1, 0.15) is 11.6 Å². The molecule has 3 fully saturated rings. The highest BCUT2D eigenvalue weighted by Gasteiger charge is 2.77. The zero-order valence-corrected chi connectivity index (χ0v) is 25.0. The summed E-state index contributed by atoms with van der Waals surface area (Å²) in [6.45, 7) is 12.0. The first-order valence-corrected chi connectivity index (χ1v) is 15.1. The molecule has 1 aromatic rings. The van der Waals surface area contributed by atoms with Gasteiger partial charge in [-0.15, -0.1) is 13.2 Å². The van der Waals surface area contributed by atoms with Gasteiger partial charge < -0.3 is 24.4 Å². The second-order valence-electron chi connectivity index (χ2n) is 11.1. The number of ether oxygens (including phenoxy) is 2. The highest BCUT2D eigenvalue weighted by Crippen LogP contribution is 2.61. The number of carbonyl (C=O) groups is 3. The number of benzene rings is 1. The van der Waals surface area contributed by atoms with E-state index in [0.29, 0.717) is 32.2 Å². The van der Waals surface area contributed by atoms with E-state index in [0.717, 1.165) is 5.56 Å². The number of rotatable bonds is 14. The first kappa shape index (κ1) is 30.5. The zero-order chi connectivity index (χ0) is 29.0. The van der Waals surface area contributed by atoms with E-state index in [1.165, 1.54) is 0 Å². The van der Waals surface area contributed by atoms with Crippen LogP contribution >= 0.6 is 15.9 Å². The molecule has 0 saturated carbocycles. The second-order valence-corrected chi connectivity index (χ2v) is 12.3. The summed E-state index contributed by atoms with van der Waals surface area (Å²) in [5, 5.41) is 10.5. The van der Waals surface area contributed by atoms with Gasteiger partial charge in [0.25, 0.3) is 0 Å². The maximum Gasteiger partial charge on any atom is 0.312 e. The number of aliphatic hydroxyl groups excluding tert-OH is 1. The van der Waals surface area contributed by atoms with Crippen LogP contribution in [0.5, 0.6) is 0 Å². The first-order chi connectivity index (χ1) is 19.2. The zero-order valence-electron chi connectivity index (χ0n) is 23.4. The summed E-state index contributed by atoms with van der Waals surface area (Å²) in [6, 6.07) is 8.04. The molecule has 0 radical (unpaired) electrons. The van der Waals surface area contributed by atoms with Crippen molar-refractivity contribution in [3.63, 3.8) is 0 Å². The summed E-state index contributed by atoms with van der Waals surface area (Å²) < 4.78 is 12.2. The van der Waals surface area contributed by atoms with Crippen LogP contribution in [-0.2, 0) is 30.4 Å². The lowest BCUT2D eigenvalue weighted by Gasteiger charge is -2.41. The smallest absolute Gasteiger partial charge is 0.312 e. The predicted octanol–water partition coefficient (Wildman–Crippen LogP) is 3.87. The Morgan fingerprint density at radius 1 is 1.30 bits per heavy atom. The fraction of sp³-hybridized carbons (Fsp3) is 0.581. The highest BCUT2D eigenvalue weighted by molar-refractivity contribution is 9.09. The lowest BCUT2D eigenvalue weighted by atomic mass is 9.70. The number of fused-ring (bicyclic) bond motifs is 1. The molecule has 0 aromatic heterocycles. The Balaban J connectivity index is 1.75. The van der Waals surface area contributed by atoms with Crippen LogP contribution in [0.3, 0.4) is 0 Å². The summed E-state index contributed by atoms with van der Waals surface area (Å²) in [4.78, 5) is 45.3. The minimum Gasteiger partial charge on any atom is -0.465 e. The van der Waals surface area contributed by atoms with Crippen LogP contribution in [0.25, 0.3) is 0 Å². The molecule has 3 aliphatic heterocycles. The molecule has 218 valence electrons. The number of alkyl halides is 1. The van der Waals surface area contributed by atoms with Crippen molar-refractivity contribution in [3.8, 4) is 0 Å². The molecular weight excluding hydrogens is 576 g/mol. The summed E-state index contributed by atoms with van der Waals surface area (Å²) >= 11 is 3.70. The van der Waals surface area contributed by atoms with Gasteiger partial charge >= 0.3 is 5.97 Å². The number of carbonyl (C=O) groups excluding carboxylic acids is 3.